The lowest BCUT2D eigenvalue weighted by molar-refractivity contribution is -0.385. The molecule has 33 heavy (non-hydrogen) atoms. The standard InChI is InChI=1S/C21H21N3O8S/c25-20(31-14-15-5-1-2-6-17(15)24(27)28)9-12-23-18-8-7-16(13-19(18)32-21(23)26)33(29,30)22-10-3-4-11-22/h1-2,5-8,13H,3-4,9-12,14H2. The maximum absolute atomic E-state index is 12.7. The number of nitrogens with zero attached hydrogens (tertiary/aromatic N) is 3. The Balaban J connectivity index is 1.45. The van der Waals surface area contributed by atoms with E-state index in [1.807, 2.05) is 0 Å². The molecule has 1 aromatic heterocycles. The molecule has 2 heterocycles. The van der Waals surface area contributed by atoms with Crippen molar-refractivity contribution in [3.8, 4) is 0 Å². The lowest BCUT2D eigenvalue weighted by atomic mass is 10.2. The summed E-state index contributed by atoms with van der Waals surface area (Å²) in [6.45, 7) is 0.591. The normalized spacial score (nSPS) is 14.5. The molecule has 3 aromatic rings. The highest BCUT2D eigenvalue weighted by atomic mass is 32.2. The van der Waals surface area contributed by atoms with Gasteiger partial charge in [0.25, 0.3) is 5.69 Å². The molecule has 1 saturated heterocycles. The van der Waals surface area contributed by atoms with Gasteiger partial charge in [0.2, 0.25) is 10.0 Å². The van der Waals surface area contributed by atoms with E-state index in [2.05, 4.69) is 0 Å². The maximum atomic E-state index is 12.7. The molecule has 1 aliphatic rings. The Morgan fingerprint density at radius 3 is 2.61 bits per heavy atom. The van der Waals surface area contributed by atoms with Gasteiger partial charge < -0.3 is 9.15 Å². The third kappa shape index (κ3) is 4.66. The van der Waals surface area contributed by atoms with Crippen LogP contribution in [0.4, 0.5) is 5.69 Å². The monoisotopic (exact) mass is 475 g/mol. The molecule has 0 aliphatic carbocycles. The molecule has 0 unspecified atom stereocenters. The van der Waals surface area contributed by atoms with Crippen LogP contribution in [0.3, 0.4) is 0 Å². The molecule has 11 nitrogen and oxygen atoms in total. The lowest BCUT2D eigenvalue weighted by Crippen LogP contribution is -2.27. The number of ether oxygens (including phenoxy) is 1. The Labute approximate surface area is 188 Å². The van der Waals surface area contributed by atoms with Gasteiger partial charge in [-0.2, -0.15) is 4.31 Å². The Bertz CT molecular complexity index is 1370. The van der Waals surface area contributed by atoms with Crippen LogP contribution in [0.15, 0.2) is 56.6 Å². The van der Waals surface area contributed by atoms with Gasteiger partial charge in [-0.05, 0) is 31.0 Å². The van der Waals surface area contributed by atoms with Crippen molar-refractivity contribution >= 4 is 32.8 Å². The van der Waals surface area contributed by atoms with E-state index < -0.39 is 26.7 Å². The molecule has 1 aliphatic heterocycles. The second-order valence-electron chi connectivity index (χ2n) is 7.56. The number of esters is 1. The number of carbonyl (C=O) groups excluding carboxylic acids is 1. The largest absolute Gasteiger partial charge is 0.460 e. The van der Waals surface area contributed by atoms with Gasteiger partial charge >= 0.3 is 11.7 Å². The van der Waals surface area contributed by atoms with Crippen molar-refractivity contribution < 1.29 is 27.3 Å². The summed E-state index contributed by atoms with van der Waals surface area (Å²) in [6.07, 6.45) is 1.43. The van der Waals surface area contributed by atoms with Crippen LogP contribution in [-0.2, 0) is 32.7 Å². The Hall–Kier alpha value is -3.51. The average Bonchev–Trinajstić information content (AvgIpc) is 3.44. The number of rotatable bonds is 8. The van der Waals surface area contributed by atoms with Gasteiger partial charge in [0.05, 0.1) is 27.3 Å². The highest BCUT2D eigenvalue weighted by molar-refractivity contribution is 7.89. The SMILES string of the molecule is O=C(CCn1c(=O)oc2cc(S(=O)(=O)N3CCCC3)ccc21)OCc1ccccc1[N+](=O)[O-]. The van der Waals surface area contributed by atoms with E-state index in [9.17, 15) is 28.1 Å². The molecular formula is C21H21N3O8S. The number of sulfonamides is 1. The first kappa shape index (κ1) is 22.7. The van der Waals surface area contributed by atoms with Crippen molar-refractivity contribution in [2.75, 3.05) is 13.1 Å². The number of nitro benzene ring substituents is 1. The second kappa shape index (κ2) is 9.16. The van der Waals surface area contributed by atoms with Crippen molar-refractivity contribution in [3.63, 3.8) is 0 Å². The second-order valence-corrected chi connectivity index (χ2v) is 9.49. The van der Waals surface area contributed by atoms with E-state index in [4.69, 9.17) is 9.15 Å². The highest BCUT2D eigenvalue weighted by Gasteiger charge is 2.28. The number of oxazole rings is 1. The van der Waals surface area contributed by atoms with Gasteiger partial charge in [0.15, 0.2) is 5.58 Å². The topological polar surface area (TPSA) is 142 Å². The van der Waals surface area contributed by atoms with Crippen LogP contribution in [0, 0.1) is 10.1 Å². The third-order valence-corrected chi connectivity index (χ3v) is 7.35. The molecule has 0 bridgehead atoms. The number of benzene rings is 2. The number of fused-ring (bicyclic) bond motifs is 1. The van der Waals surface area contributed by atoms with E-state index in [0.717, 1.165) is 12.8 Å². The fraction of sp³-hybridized carbons (Fsp3) is 0.333. The first-order valence-corrected chi connectivity index (χ1v) is 11.7. The molecule has 0 saturated carbocycles. The van der Waals surface area contributed by atoms with E-state index in [0.29, 0.717) is 18.6 Å². The minimum absolute atomic E-state index is 0.0432. The summed E-state index contributed by atoms with van der Waals surface area (Å²) < 4.78 is 38.4. The fourth-order valence-corrected chi connectivity index (χ4v) is 5.27. The summed E-state index contributed by atoms with van der Waals surface area (Å²) in [7, 11) is -3.66. The summed E-state index contributed by atoms with van der Waals surface area (Å²) in [5, 5.41) is 11.0. The van der Waals surface area contributed by atoms with Crippen LogP contribution in [0.1, 0.15) is 24.8 Å². The minimum Gasteiger partial charge on any atom is -0.460 e. The quantitative estimate of drug-likeness (QED) is 0.275. The lowest BCUT2D eigenvalue weighted by Gasteiger charge is -2.15. The van der Waals surface area contributed by atoms with E-state index in [1.54, 1.807) is 6.07 Å². The molecule has 1 fully saturated rings. The number of nitro groups is 1. The first-order chi connectivity index (χ1) is 15.8. The van der Waals surface area contributed by atoms with Crippen molar-refractivity contribution in [2.24, 2.45) is 0 Å². The molecule has 0 spiro atoms. The first-order valence-electron chi connectivity index (χ1n) is 10.3. The van der Waals surface area contributed by atoms with Gasteiger partial charge in [0.1, 0.15) is 6.61 Å². The number of aryl methyl sites for hydroxylation is 1. The number of hydrogen-bond donors (Lipinski definition) is 0. The van der Waals surface area contributed by atoms with Gasteiger partial charge in [-0.25, -0.2) is 13.2 Å². The summed E-state index contributed by atoms with van der Waals surface area (Å²) in [4.78, 5) is 35.0. The van der Waals surface area contributed by atoms with Crippen molar-refractivity contribution in [3.05, 3.63) is 68.7 Å². The molecule has 0 amide bonds. The molecule has 4 rings (SSSR count). The van der Waals surface area contributed by atoms with Crippen LogP contribution in [0.25, 0.3) is 11.1 Å². The molecule has 174 valence electrons. The van der Waals surface area contributed by atoms with Crippen LogP contribution >= 0.6 is 0 Å². The number of para-hydroxylation sites is 1. The fourth-order valence-electron chi connectivity index (χ4n) is 3.74. The van der Waals surface area contributed by atoms with Crippen molar-refractivity contribution in [2.45, 2.75) is 37.3 Å². The Morgan fingerprint density at radius 1 is 1.15 bits per heavy atom. The van der Waals surface area contributed by atoms with Crippen LogP contribution in [-0.4, -0.2) is 41.3 Å². The zero-order valence-corrected chi connectivity index (χ0v) is 18.3. The average molecular weight is 475 g/mol. The Kier molecular flexibility index (Phi) is 6.29. The Morgan fingerprint density at radius 2 is 1.88 bits per heavy atom. The van der Waals surface area contributed by atoms with Crippen LogP contribution < -0.4 is 5.76 Å². The summed E-state index contributed by atoms with van der Waals surface area (Å²) in [6, 6.07) is 10.1. The summed E-state index contributed by atoms with van der Waals surface area (Å²) in [5.74, 6) is -1.38. The number of carbonyl (C=O) groups is 1. The molecule has 0 N–H and O–H groups in total. The maximum Gasteiger partial charge on any atom is 0.419 e. The molecule has 2 aromatic carbocycles. The van der Waals surface area contributed by atoms with Crippen LogP contribution in [0.5, 0.6) is 0 Å². The van der Waals surface area contributed by atoms with E-state index in [1.165, 1.54) is 45.3 Å². The summed E-state index contributed by atoms with van der Waals surface area (Å²) in [5.41, 5.74) is 0.566. The third-order valence-electron chi connectivity index (χ3n) is 5.46. The zero-order valence-electron chi connectivity index (χ0n) is 17.5. The highest BCUT2D eigenvalue weighted by Crippen LogP contribution is 2.24. The minimum atomic E-state index is -3.66. The number of aromatic nitrogens is 1. The zero-order chi connectivity index (χ0) is 23.6. The van der Waals surface area contributed by atoms with E-state index >= 15 is 0 Å². The van der Waals surface area contributed by atoms with Crippen molar-refractivity contribution in [1.29, 1.82) is 0 Å². The molecular weight excluding hydrogens is 454 g/mol. The smallest absolute Gasteiger partial charge is 0.419 e. The summed E-state index contributed by atoms with van der Waals surface area (Å²) >= 11 is 0. The molecule has 0 atom stereocenters. The van der Waals surface area contributed by atoms with E-state index in [-0.39, 0.29) is 41.3 Å². The molecule has 12 heteroatoms. The predicted molar refractivity (Wildman–Crippen MR) is 116 cm³/mol. The van der Waals surface area contributed by atoms with Crippen LogP contribution in [0.2, 0.25) is 0 Å². The number of hydrogen-bond acceptors (Lipinski definition) is 8. The van der Waals surface area contributed by atoms with Gasteiger partial charge in [0, 0.05) is 31.8 Å². The van der Waals surface area contributed by atoms with Crippen molar-refractivity contribution in [1.82, 2.24) is 8.87 Å². The van der Waals surface area contributed by atoms with Gasteiger partial charge in [-0.15, -0.1) is 0 Å². The predicted octanol–water partition coefficient (Wildman–Crippen LogP) is 2.42. The van der Waals surface area contributed by atoms with Gasteiger partial charge in [-0.1, -0.05) is 12.1 Å². The molecule has 0 radical (unpaired) electrons. The van der Waals surface area contributed by atoms with Gasteiger partial charge in [-0.3, -0.25) is 19.5 Å².